The van der Waals surface area contributed by atoms with Crippen molar-refractivity contribution >= 4 is 17.6 Å². The van der Waals surface area contributed by atoms with E-state index in [1.807, 2.05) is 41.5 Å². The van der Waals surface area contributed by atoms with Gasteiger partial charge in [-0.2, -0.15) is 0 Å². The van der Waals surface area contributed by atoms with Gasteiger partial charge in [0, 0.05) is 51.7 Å². The van der Waals surface area contributed by atoms with Crippen LogP contribution in [0.5, 0.6) is 0 Å². The number of hydrogen-bond acceptors (Lipinski definition) is 8. The largest absolute Gasteiger partial charge is 0.500 e. The molecule has 8 nitrogen and oxygen atoms in total. The van der Waals surface area contributed by atoms with Crippen LogP contribution in [-0.4, -0.2) is 81.7 Å². The molecule has 10 heteroatoms. The molecule has 2 saturated heterocycles. The minimum absolute atomic E-state index is 0.399. The Labute approximate surface area is 254 Å². The SMILES string of the molecule is CCO[Si](CCCC(CCC[Si](OCC)(OCC)OCC)CC(CC1CC(C)O1)CC1CC(C)O1)(OCC)OCC. The Hall–Kier alpha value is 0.114. The fraction of sp³-hybridized carbons (Fsp3) is 1.00. The van der Waals surface area contributed by atoms with Crippen LogP contribution in [0.4, 0.5) is 0 Å². The van der Waals surface area contributed by atoms with Crippen molar-refractivity contribution in [2.24, 2.45) is 11.8 Å². The first-order chi connectivity index (χ1) is 19.8. The van der Waals surface area contributed by atoms with Crippen molar-refractivity contribution in [3.05, 3.63) is 0 Å². The highest BCUT2D eigenvalue weighted by molar-refractivity contribution is 6.61. The summed E-state index contributed by atoms with van der Waals surface area (Å²) in [5, 5.41) is 0. The van der Waals surface area contributed by atoms with Gasteiger partial charge in [-0.3, -0.25) is 0 Å². The summed E-state index contributed by atoms with van der Waals surface area (Å²) in [5.74, 6) is 1.19. The van der Waals surface area contributed by atoms with Gasteiger partial charge in [-0.1, -0.05) is 12.8 Å². The maximum Gasteiger partial charge on any atom is 0.500 e. The number of ether oxygens (including phenoxy) is 2. The van der Waals surface area contributed by atoms with Gasteiger partial charge in [-0.25, -0.2) is 0 Å². The number of hydrogen-bond donors (Lipinski definition) is 0. The van der Waals surface area contributed by atoms with E-state index in [2.05, 4.69) is 13.8 Å². The molecule has 0 saturated carbocycles. The molecule has 2 aliphatic heterocycles. The van der Waals surface area contributed by atoms with Crippen LogP contribution in [0, 0.1) is 11.8 Å². The molecule has 0 radical (unpaired) electrons. The first-order valence-corrected chi connectivity index (χ1v) is 20.8. The van der Waals surface area contributed by atoms with Crippen LogP contribution in [0.1, 0.15) is 113 Å². The Bertz CT molecular complexity index is 574. The standard InChI is InChI=1S/C31H64O8Si2/c1-9-32-40(33-10-2,34-11-3)19-15-17-28(18-16-20-41(35-12-4,36-13-5)37-14-6)23-29(24-30-21-26(7)38-30)25-31-22-27(8)39-31/h26-31H,9-25H2,1-8H3. The van der Waals surface area contributed by atoms with Crippen molar-refractivity contribution < 1.29 is 36.0 Å². The monoisotopic (exact) mass is 620 g/mol. The van der Waals surface area contributed by atoms with Gasteiger partial charge in [0.15, 0.2) is 0 Å². The molecule has 2 aliphatic rings. The molecule has 2 rings (SSSR count). The highest BCUT2D eigenvalue weighted by atomic mass is 28.4. The minimum Gasteiger partial charge on any atom is -0.375 e. The van der Waals surface area contributed by atoms with Crippen molar-refractivity contribution in [3.63, 3.8) is 0 Å². The summed E-state index contributed by atoms with van der Waals surface area (Å²) < 4.78 is 49.2. The summed E-state index contributed by atoms with van der Waals surface area (Å²) >= 11 is 0. The molecule has 0 aromatic heterocycles. The normalized spacial score (nSPS) is 23.9. The van der Waals surface area contributed by atoms with Crippen LogP contribution in [0.15, 0.2) is 0 Å². The predicted octanol–water partition coefficient (Wildman–Crippen LogP) is 7.40. The summed E-state index contributed by atoms with van der Waals surface area (Å²) in [6.07, 6.45) is 11.8. The zero-order valence-electron chi connectivity index (χ0n) is 27.8. The van der Waals surface area contributed by atoms with Crippen molar-refractivity contribution in [2.75, 3.05) is 39.6 Å². The minimum atomic E-state index is -2.65. The summed E-state index contributed by atoms with van der Waals surface area (Å²) in [6, 6.07) is 1.73. The lowest BCUT2D eigenvalue weighted by molar-refractivity contribution is -0.142. The molecule has 4 atom stereocenters. The van der Waals surface area contributed by atoms with E-state index in [9.17, 15) is 0 Å². The lowest BCUT2D eigenvalue weighted by Gasteiger charge is -2.40. The summed E-state index contributed by atoms with van der Waals surface area (Å²) in [5.41, 5.74) is 0. The average Bonchev–Trinajstić information content (AvgIpc) is 2.87. The van der Waals surface area contributed by atoms with Gasteiger partial charge < -0.3 is 36.0 Å². The van der Waals surface area contributed by atoms with Gasteiger partial charge in [0.25, 0.3) is 0 Å². The van der Waals surface area contributed by atoms with Crippen molar-refractivity contribution in [3.8, 4) is 0 Å². The van der Waals surface area contributed by atoms with E-state index in [1.54, 1.807) is 0 Å². The third kappa shape index (κ3) is 13.3. The topological polar surface area (TPSA) is 73.8 Å². The Morgan fingerprint density at radius 3 is 1.15 bits per heavy atom. The molecule has 4 unspecified atom stereocenters. The molecule has 0 N–H and O–H groups in total. The average molecular weight is 621 g/mol. The highest BCUT2D eigenvalue weighted by Gasteiger charge is 2.42. The molecule has 41 heavy (non-hydrogen) atoms. The van der Waals surface area contributed by atoms with Gasteiger partial charge in [-0.05, 0) is 112 Å². The fourth-order valence-corrected chi connectivity index (χ4v) is 12.1. The van der Waals surface area contributed by atoms with Crippen molar-refractivity contribution in [2.45, 2.75) is 150 Å². The second kappa shape index (κ2) is 20.2. The Morgan fingerprint density at radius 1 is 0.561 bits per heavy atom. The quantitative estimate of drug-likeness (QED) is 0.0927. The van der Waals surface area contributed by atoms with Crippen LogP contribution in [0.25, 0.3) is 0 Å². The molecular weight excluding hydrogens is 557 g/mol. The zero-order valence-corrected chi connectivity index (χ0v) is 29.8. The summed E-state index contributed by atoms with van der Waals surface area (Å²) in [6.45, 7) is 20.3. The Morgan fingerprint density at radius 2 is 0.878 bits per heavy atom. The van der Waals surface area contributed by atoms with Crippen LogP contribution < -0.4 is 0 Å². The highest BCUT2D eigenvalue weighted by Crippen LogP contribution is 2.37. The molecule has 0 spiro atoms. The third-order valence-electron chi connectivity index (χ3n) is 8.27. The van der Waals surface area contributed by atoms with E-state index in [1.165, 1.54) is 19.3 Å². The summed E-state index contributed by atoms with van der Waals surface area (Å²) in [7, 11) is -5.30. The molecule has 0 aliphatic carbocycles. The molecule has 2 fully saturated rings. The van der Waals surface area contributed by atoms with E-state index in [0.29, 0.717) is 75.9 Å². The van der Waals surface area contributed by atoms with E-state index in [-0.39, 0.29) is 0 Å². The Kier molecular flexibility index (Phi) is 18.4. The third-order valence-corrected chi connectivity index (χ3v) is 14.6. The lowest BCUT2D eigenvalue weighted by Crippen LogP contribution is -2.46. The number of rotatable bonds is 26. The Balaban J connectivity index is 2.10. The van der Waals surface area contributed by atoms with E-state index >= 15 is 0 Å². The van der Waals surface area contributed by atoms with E-state index in [0.717, 1.165) is 50.6 Å². The zero-order chi connectivity index (χ0) is 30.1. The first-order valence-electron chi connectivity index (χ1n) is 16.9. The second-order valence-electron chi connectivity index (χ2n) is 11.8. The van der Waals surface area contributed by atoms with Gasteiger partial charge in [0.2, 0.25) is 0 Å². The van der Waals surface area contributed by atoms with Crippen LogP contribution in [0.2, 0.25) is 12.1 Å². The van der Waals surface area contributed by atoms with Gasteiger partial charge in [0.05, 0.1) is 24.4 Å². The molecule has 0 amide bonds. The molecule has 0 bridgehead atoms. The smallest absolute Gasteiger partial charge is 0.375 e. The van der Waals surface area contributed by atoms with Crippen LogP contribution >= 0.6 is 0 Å². The van der Waals surface area contributed by atoms with Gasteiger partial charge in [-0.15, -0.1) is 0 Å². The molecular formula is C31H64O8Si2. The van der Waals surface area contributed by atoms with Crippen molar-refractivity contribution in [1.82, 2.24) is 0 Å². The van der Waals surface area contributed by atoms with Crippen LogP contribution in [-0.2, 0) is 36.0 Å². The second-order valence-corrected chi connectivity index (χ2v) is 17.3. The van der Waals surface area contributed by atoms with Gasteiger partial charge in [0.1, 0.15) is 0 Å². The fourth-order valence-electron chi connectivity index (χ4n) is 6.78. The molecule has 0 aromatic carbocycles. The lowest BCUT2D eigenvalue weighted by atomic mass is 9.80. The van der Waals surface area contributed by atoms with E-state index in [4.69, 9.17) is 36.0 Å². The van der Waals surface area contributed by atoms with E-state index < -0.39 is 17.6 Å². The van der Waals surface area contributed by atoms with Gasteiger partial charge >= 0.3 is 17.6 Å². The maximum absolute atomic E-state index is 6.17. The molecule has 244 valence electrons. The molecule has 0 aromatic rings. The molecule has 2 heterocycles. The summed E-state index contributed by atoms with van der Waals surface area (Å²) in [4.78, 5) is 0. The first kappa shape index (κ1) is 37.3. The van der Waals surface area contributed by atoms with Crippen molar-refractivity contribution in [1.29, 1.82) is 0 Å². The predicted molar refractivity (Wildman–Crippen MR) is 168 cm³/mol. The van der Waals surface area contributed by atoms with Crippen LogP contribution in [0.3, 0.4) is 0 Å². The maximum atomic E-state index is 6.17.